The maximum absolute atomic E-state index is 13.0. The smallest absolute Gasteiger partial charge is 0.416 e. The van der Waals surface area contributed by atoms with Crippen molar-refractivity contribution < 1.29 is 35.9 Å². The van der Waals surface area contributed by atoms with E-state index >= 15 is 0 Å². The minimum absolute atomic E-state index is 0.0375. The summed E-state index contributed by atoms with van der Waals surface area (Å²) in [6.07, 6.45) is -4.89. The Labute approximate surface area is 184 Å². The molecule has 1 fully saturated rings. The summed E-state index contributed by atoms with van der Waals surface area (Å²) in [6, 6.07) is 7.97. The zero-order valence-electron chi connectivity index (χ0n) is 17.5. The van der Waals surface area contributed by atoms with E-state index in [4.69, 9.17) is 9.47 Å². The Morgan fingerprint density at radius 2 is 1.81 bits per heavy atom. The largest absolute Gasteiger partial charge is 0.489 e. The number of hydrogen-bond donors (Lipinski definition) is 1. The van der Waals surface area contributed by atoms with Crippen LogP contribution in [0.4, 0.5) is 18.9 Å². The number of rotatable bonds is 6. The number of amides is 1. The Morgan fingerprint density at radius 1 is 1.12 bits per heavy atom. The molecular weight excluding hydrogens is 449 g/mol. The molecule has 0 unspecified atom stereocenters. The van der Waals surface area contributed by atoms with Crippen molar-refractivity contribution in [2.45, 2.75) is 31.0 Å². The fourth-order valence-corrected chi connectivity index (χ4v) is 4.53. The van der Waals surface area contributed by atoms with Gasteiger partial charge < -0.3 is 14.8 Å². The lowest BCUT2D eigenvalue weighted by molar-refractivity contribution is -0.137. The Hall–Kier alpha value is -2.63. The molecule has 1 aliphatic heterocycles. The third kappa shape index (κ3) is 5.59. The molecule has 0 spiro atoms. The van der Waals surface area contributed by atoms with E-state index in [1.165, 1.54) is 28.6 Å². The van der Waals surface area contributed by atoms with Gasteiger partial charge in [0, 0.05) is 18.7 Å². The van der Waals surface area contributed by atoms with Crippen molar-refractivity contribution >= 4 is 21.6 Å². The summed E-state index contributed by atoms with van der Waals surface area (Å²) in [7, 11) is -3.86. The highest BCUT2D eigenvalue weighted by Gasteiger charge is 2.31. The molecule has 1 heterocycles. The molecule has 1 N–H and O–H groups in total. The number of alkyl halides is 3. The maximum Gasteiger partial charge on any atom is 0.416 e. The van der Waals surface area contributed by atoms with Gasteiger partial charge in [0.05, 0.1) is 35.5 Å². The molecule has 32 heavy (non-hydrogen) atoms. The maximum atomic E-state index is 13.0. The van der Waals surface area contributed by atoms with Gasteiger partial charge in [0.25, 0.3) is 5.91 Å². The highest BCUT2D eigenvalue weighted by molar-refractivity contribution is 7.89. The molecular formula is C21H23F3N2O5S. The zero-order chi connectivity index (χ0) is 23.5. The van der Waals surface area contributed by atoms with Gasteiger partial charge in [-0.05, 0) is 50.2 Å². The van der Waals surface area contributed by atoms with Crippen LogP contribution in [0.1, 0.15) is 29.8 Å². The monoisotopic (exact) mass is 472 g/mol. The number of nitrogens with zero attached hydrogens (tertiary/aromatic N) is 1. The van der Waals surface area contributed by atoms with Gasteiger partial charge in [0.2, 0.25) is 10.0 Å². The molecule has 0 aliphatic carbocycles. The fourth-order valence-electron chi connectivity index (χ4n) is 3.09. The number of ether oxygens (including phenoxy) is 2. The second-order valence-corrected chi connectivity index (χ2v) is 9.31. The van der Waals surface area contributed by atoms with Crippen molar-refractivity contribution in [3.63, 3.8) is 0 Å². The highest BCUT2D eigenvalue weighted by Crippen LogP contribution is 2.32. The first-order chi connectivity index (χ1) is 15.0. The van der Waals surface area contributed by atoms with Crippen molar-refractivity contribution in [3.05, 3.63) is 53.6 Å². The number of halogens is 3. The molecule has 0 radical (unpaired) electrons. The molecule has 0 aromatic heterocycles. The standard InChI is InChI=1S/C21H23F3N2O5S/c1-14(2)31-19-7-6-17(32(28,29)26-8-10-30-11-9-26)13-18(19)25-20(27)15-4-3-5-16(12-15)21(22,23)24/h3-7,12-14H,8-11H2,1-2H3,(H,25,27). The molecule has 3 rings (SSSR count). The number of benzene rings is 2. The summed E-state index contributed by atoms with van der Waals surface area (Å²) >= 11 is 0. The normalized spacial score (nSPS) is 15.6. The molecule has 174 valence electrons. The predicted molar refractivity (Wildman–Crippen MR) is 111 cm³/mol. The average Bonchev–Trinajstić information content (AvgIpc) is 2.74. The molecule has 0 bridgehead atoms. The molecule has 11 heteroatoms. The first-order valence-corrected chi connectivity index (χ1v) is 11.3. The third-order valence-electron chi connectivity index (χ3n) is 4.62. The van der Waals surface area contributed by atoms with Gasteiger partial charge in [0.15, 0.2) is 0 Å². The minimum atomic E-state index is -4.60. The first kappa shape index (κ1) is 24.0. The second kappa shape index (κ2) is 9.47. The number of anilines is 1. The molecule has 0 atom stereocenters. The molecule has 1 saturated heterocycles. The minimum Gasteiger partial charge on any atom is -0.489 e. The molecule has 1 amide bonds. The molecule has 2 aromatic rings. The topological polar surface area (TPSA) is 84.9 Å². The Morgan fingerprint density at radius 3 is 2.44 bits per heavy atom. The summed E-state index contributed by atoms with van der Waals surface area (Å²) in [6.45, 7) is 4.42. The van der Waals surface area contributed by atoms with Crippen molar-refractivity contribution in [1.82, 2.24) is 4.31 Å². The predicted octanol–water partition coefficient (Wildman–Crippen LogP) is 3.77. The summed E-state index contributed by atoms with van der Waals surface area (Å²) in [4.78, 5) is 12.6. The third-order valence-corrected chi connectivity index (χ3v) is 6.52. The van der Waals surface area contributed by atoms with E-state index < -0.39 is 27.7 Å². The van der Waals surface area contributed by atoms with E-state index in [2.05, 4.69) is 5.32 Å². The van der Waals surface area contributed by atoms with Crippen molar-refractivity contribution in [2.75, 3.05) is 31.6 Å². The first-order valence-electron chi connectivity index (χ1n) is 9.85. The van der Waals surface area contributed by atoms with Gasteiger partial charge in [-0.3, -0.25) is 4.79 Å². The summed E-state index contributed by atoms with van der Waals surface area (Å²) in [5, 5.41) is 2.49. The lowest BCUT2D eigenvalue weighted by atomic mass is 10.1. The van der Waals surface area contributed by atoms with Gasteiger partial charge in [-0.1, -0.05) is 6.07 Å². The molecule has 7 nitrogen and oxygen atoms in total. The Kier molecular flexibility index (Phi) is 7.11. The number of carbonyl (C=O) groups is 1. The van der Waals surface area contributed by atoms with Crippen molar-refractivity contribution in [2.24, 2.45) is 0 Å². The average molecular weight is 472 g/mol. The number of carbonyl (C=O) groups excluding carboxylic acids is 1. The van der Waals surface area contributed by atoms with Gasteiger partial charge >= 0.3 is 6.18 Å². The number of nitrogens with one attached hydrogen (secondary N) is 1. The van der Waals surface area contributed by atoms with Gasteiger partial charge in [-0.15, -0.1) is 0 Å². The number of sulfonamides is 1. The second-order valence-electron chi connectivity index (χ2n) is 7.37. The van der Waals surface area contributed by atoms with Crippen LogP contribution in [0.2, 0.25) is 0 Å². The van der Waals surface area contributed by atoms with Crippen molar-refractivity contribution in [1.29, 1.82) is 0 Å². The number of hydrogen-bond acceptors (Lipinski definition) is 5. The summed E-state index contributed by atoms with van der Waals surface area (Å²) in [5.74, 6) is -0.633. The van der Waals surface area contributed by atoms with E-state index in [0.29, 0.717) is 0 Å². The van der Waals surface area contributed by atoms with Crippen LogP contribution in [0.25, 0.3) is 0 Å². The lowest BCUT2D eigenvalue weighted by Gasteiger charge is -2.26. The van der Waals surface area contributed by atoms with Crippen LogP contribution in [-0.4, -0.2) is 51.0 Å². The van der Waals surface area contributed by atoms with Gasteiger partial charge in [-0.2, -0.15) is 17.5 Å². The Bertz CT molecular complexity index is 1080. The van der Waals surface area contributed by atoms with Crippen LogP contribution in [0, 0.1) is 0 Å². The van der Waals surface area contributed by atoms with Crippen LogP contribution in [0.5, 0.6) is 5.75 Å². The van der Waals surface area contributed by atoms with Crippen LogP contribution < -0.4 is 10.1 Å². The van der Waals surface area contributed by atoms with E-state index in [9.17, 15) is 26.4 Å². The molecule has 2 aromatic carbocycles. The van der Waals surface area contributed by atoms with E-state index in [1.54, 1.807) is 13.8 Å². The lowest BCUT2D eigenvalue weighted by Crippen LogP contribution is -2.40. The zero-order valence-corrected chi connectivity index (χ0v) is 18.3. The van der Waals surface area contributed by atoms with E-state index in [1.807, 2.05) is 0 Å². The summed E-state index contributed by atoms with van der Waals surface area (Å²) < 4.78 is 77.0. The van der Waals surface area contributed by atoms with Crippen LogP contribution >= 0.6 is 0 Å². The van der Waals surface area contributed by atoms with E-state index in [-0.39, 0.29) is 54.3 Å². The summed E-state index contributed by atoms with van der Waals surface area (Å²) in [5.41, 5.74) is -1.15. The van der Waals surface area contributed by atoms with Crippen LogP contribution in [-0.2, 0) is 20.9 Å². The molecule has 0 saturated carbocycles. The van der Waals surface area contributed by atoms with Crippen LogP contribution in [0.3, 0.4) is 0 Å². The van der Waals surface area contributed by atoms with Gasteiger partial charge in [0.1, 0.15) is 5.75 Å². The van der Waals surface area contributed by atoms with E-state index in [0.717, 1.165) is 18.2 Å². The van der Waals surface area contributed by atoms with Gasteiger partial charge in [-0.25, -0.2) is 8.42 Å². The highest BCUT2D eigenvalue weighted by atomic mass is 32.2. The molecule has 1 aliphatic rings. The fraction of sp³-hybridized carbons (Fsp3) is 0.381. The SMILES string of the molecule is CC(C)Oc1ccc(S(=O)(=O)N2CCOCC2)cc1NC(=O)c1cccc(C(F)(F)F)c1. The number of morpholine rings is 1. The van der Waals surface area contributed by atoms with Crippen molar-refractivity contribution in [3.8, 4) is 5.75 Å². The Balaban J connectivity index is 1.94. The van der Waals surface area contributed by atoms with Crippen LogP contribution in [0.15, 0.2) is 47.4 Å². The quantitative estimate of drug-likeness (QED) is 0.692.